The van der Waals surface area contributed by atoms with Gasteiger partial charge in [0.05, 0.1) is 18.2 Å². The van der Waals surface area contributed by atoms with E-state index in [1.165, 1.54) is 5.56 Å². The van der Waals surface area contributed by atoms with Crippen LogP contribution in [-0.4, -0.2) is 34.8 Å². The number of para-hydroxylation sites is 1. The van der Waals surface area contributed by atoms with Crippen LogP contribution < -0.4 is 4.90 Å². The fourth-order valence-electron chi connectivity index (χ4n) is 3.76. The molecule has 1 fully saturated rings. The SMILES string of the molecule is O=C1C[C@H](C(=O)N2CCCc3ccccc32)CN1Cc1ccccn1. The Kier molecular flexibility index (Phi) is 4.22. The van der Waals surface area contributed by atoms with Crippen LogP contribution in [0, 0.1) is 5.92 Å². The Morgan fingerprint density at radius 1 is 1.16 bits per heavy atom. The highest BCUT2D eigenvalue weighted by molar-refractivity contribution is 5.99. The molecular formula is C20H21N3O2. The number of benzene rings is 1. The number of pyridine rings is 1. The third-order valence-corrected chi connectivity index (χ3v) is 5.02. The van der Waals surface area contributed by atoms with Crippen LogP contribution in [0.25, 0.3) is 0 Å². The lowest BCUT2D eigenvalue weighted by molar-refractivity contribution is -0.129. The second kappa shape index (κ2) is 6.67. The van der Waals surface area contributed by atoms with Crippen LogP contribution in [0.4, 0.5) is 5.69 Å². The van der Waals surface area contributed by atoms with Gasteiger partial charge >= 0.3 is 0 Å². The summed E-state index contributed by atoms with van der Waals surface area (Å²) in [5.74, 6) is -0.152. The smallest absolute Gasteiger partial charge is 0.232 e. The summed E-state index contributed by atoms with van der Waals surface area (Å²) in [6.45, 7) is 1.69. The summed E-state index contributed by atoms with van der Waals surface area (Å²) in [5.41, 5.74) is 3.08. The number of fused-ring (bicyclic) bond motifs is 1. The first-order valence-corrected chi connectivity index (χ1v) is 8.79. The number of amides is 2. The second-order valence-corrected chi connectivity index (χ2v) is 6.72. The van der Waals surface area contributed by atoms with E-state index < -0.39 is 0 Å². The number of carbonyl (C=O) groups excluding carboxylic acids is 2. The molecule has 1 saturated heterocycles. The molecule has 0 radical (unpaired) electrons. The number of likely N-dealkylation sites (tertiary alicyclic amines) is 1. The Morgan fingerprint density at radius 2 is 2.00 bits per heavy atom. The van der Waals surface area contributed by atoms with E-state index in [1.54, 1.807) is 11.1 Å². The van der Waals surface area contributed by atoms with Crippen molar-refractivity contribution in [3.8, 4) is 0 Å². The Balaban J connectivity index is 1.48. The maximum absolute atomic E-state index is 13.0. The maximum Gasteiger partial charge on any atom is 0.232 e. The van der Waals surface area contributed by atoms with Gasteiger partial charge < -0.3 is 9.80 Å². The molecule has 0 saturated carbocycles. The monoisotopic (exact) mass is 335 g/mol. The summed E-state index contributed by atoms with van der Waals surface area (Å²) < 4.78 is 0. The Bertz CT molecular complexity index is 791. The number of carbonyl (C=O) groups is 2. The normalized spacial score (nSPS) is 19.8. The van der Waals surface area contributed by atoms with E-state index in [-0.39, 0.29) is 17.7 Å². The van der Waals surface area contributed by atoms with E-state index in [0.29, 0.717) is 19.5 Å². The Morgan fingerprint density at radius 3 is 2.84 bits per heavy atom. The van der Waals surface area contributed by atoms with Gasteiger partial charge in [0, 0.05) is 31.4 Å². The van der Waals surface area contributed by atoms with E-state index in [4.69, 9.17) is 0 Å². The van der Waals surface area contributed by atoms with E-state index >= 15 is 0 Å². The predicted octanol–water partition coefficient (Wildman–Crippen LogP) is 2.41. The largest absolute Gasteiger partial charge is 0.336 e. The van der Waals surface area contributed by atoms with Gasteiger partial charge in [0.15, 0.2) is 0 Å². The van der Waals surface area contributed by atoms with Gasteiger partial charge in [-0.2, -0.15) is 0 Å². The van der Waals surface area contributed by atoms with Crippen molar-refractivity contribution in [1.29, 1.82) is 0 Å². The van der Waals surface area contributed by atoms with Gasteiger partial charge in [-0.05, 0) is 36.6 Å². The molecule has 25 heavy (non-hydrogen) atoms. The Hall–Kier alpha value is -2.69. The summed E-state index contributed by atoms with van der Waals surface area (Å²) in [6, 6.07) is 13.8. The van der Waals surface area contributed by atoms with Gasteiger partial charge in [-0.3, -0.25) is 14.6 Å². The number of anilines is 1. The van der Waals surface area contributed by atoms with Gasteiger partial charge in [-0.1, -0.05) is 24.3 Å². The van der Waals surface area contributed by atoms with Crippen molar-refractivity contribution in [1.82, 2.24) is 9.88 Å². The molecule has 0 spiro atoms. The van der Waals surface area contributed by atoms with Crippen LogP contribution in [-0.2, 0) is 22.6 Å². The minimum absolute atomic E-state index is 0.0364. The molecule has 1 atom stereocenters. The lowest BCUT2D eigenvalue weighted by Crippen LogP contribution is -2.40. The van der Waals surface area contributed by atoms with Crippen molar-refractivity contribution < 1.29 is 9.59 Å². The highest BCUT2D eigenvalue weighted by atomic mass is 16.2. The third kappa shape index (κ3) is 3.14. The molecule has 5 heteroatoms. The molecule has 2 aromatic rings. The van der Waals surface area contributed by atoms with Crippen LogP contribution in [0.3, 0.4) is 0 Å². The van der Waals surface area contributed by atoms with E-state index in [9.17, 15) is 9.59 Å². The van der Waals surface area contributed by atoms with Crippen molar-refractivity contribution in [2.24, 2.45) is 5.92 Å². The lowest BCUT2D eigenvalue weighted by Gasteiger charge is -2.31. The van der Waals surface area contributed by atoms with Crippen LogP contribution in [0.5, 0.6) is 0 Å². The second-order valence-electron chi connectivity index (χ2n) is 6.72. The highest BCUT2D eigenvalue weighted by Gasteiger charge is 2.37. The fraction of sp³-hybridized carbons (Fsp3) is 0.350. The van der Waals surface area contributed by atoms with Crippen molar-refractivity contribution in [3.05, 3.63) is 59.9 Å². The zero-order valence-corrected chi connectivity index (χ0v) is 14.1. The molecule has 3 heterocycles. The average Bonchev–Trinajstić information content (AvgIpc) is 3.02. The summed E-state index contributed by atoms with van der Waals surface area (Å²) in [7, 11) is 0. The number of aromatic nitrogens is 1. The van der Waals surface area contributed by atoms with Crippen LogP contribution in [0.15, 0.2) is 48.7 Å². The topological polar surface area (TPSA) is 53.5 Å². The summed E-state index contributed by atoms with van der Waals surface area (Å²) in [4.78, 5) is 33.3. The molecule has 4 rings (SSSR count). The summed E-state index contributed by atoms with van der Waals surface area (Å²) >= 11 is 0. The van der Waals surface area contributed by atoms with Gasteiger partial charge in [0.1, 0.15) is 0 Å². The molecule has 0 unspecified atom stereocenters. The zero-order chi connectivity index (χ0) is 17.2. The van der Waals surface area contributed by atoms with Gasteiger partial charge in [0.2, 0.25) is 11.8 Å². The minimum atomic E-state index is -0.262. The third-order valence-electron chi connectivity index (χ3n) is 5.02. The summed E-state index contributed by atoms with van der Waals surface area (Å²) in [6.07, 6.45) is 4.00. The highest BCUT2D eigenvalue weighted by Crippen LogP contribution is 2.30. The molecule has 0 bridgehead atoms. The fourth-order valence-corrected chi connectivity index (χ4v) is 3.76. The number of hydrogen-bond donors (Lipinski definition) is 0. The van der Waals surface area contributed by atoms with Gasteiger partial charge in [-0.25, -0.2) is 0 Å². The van der Waals surface area contributed by atoms with Crippen LogP contribution in [0.1, 0.15) is 24.1 Å². The molecule has 2 aliphatic rings. The molecule has 1 aromatic carbocycles. The van der Waals surface area contributed by atoms with E-state index in [1.807, 2.05) is 41.3 Å². The van der Waals surface area contributed by atoms with Gasteiger partial charge in [-0.15, -0.1) is 0 Å². The van der Waals surface area contributed by atoms with E-state index in [2.05, 4.69) is 11.1 Å². The molecule has 128 valence electrons. The predicted molar refractivity (Wildman–Crippen MR) is 94.9 cm³/mol. The number of rotatable bonds is 3. The molecule has 0 N–H and O–H groups in total. The molecule has 0 aliphatic carbocycles. The number of aryl methyl sites for hydroxylation is 1. The van der Waals surface area contributed by atoms with E-state index in [0.717, 1.165) is 30.8 Å². The molecule has 5 nitrogen and oxygen atoms in total. The first kappa shape index (κ1) is 15.8. The Labute approximate surface area is 147 Å². The van der Waals surface area contributed by atoms with Crippen LogP contribution >= 0.6 is 0 Å². The van der Waals surface area contributed by atoms with Crippen molar-refractivity contribution in [3.63, 3.8) is 0 Å². The molecule has 2 amide bonds. The molecule has 1 aromatic heterocycles. The van der Waals surface area contributed by atoms with Gasteiger partial charge in [0.25, 0.3) is 0 Å². The number of hydrogen-bond acceptors (Lipinski definition) is 3. The molecule has 2 aliphatic heterocycles. The summed E-state index contributed by atoms with van der Waals surface area (Å²) in [5, 5.41) is 0. The first-order chi connectivity index (χ1) is 12.2. The van der Waals surface area contributed by atoms with Crippen molar-refractivity contribution in [2.45, 2.75) is 25.8 Å². The zero-order valence-electron chi connectivity index (χ0n) is 14.1. The minimum Gasteiger partial charge on any atom is -0.336 e. The maximum atomic E-state index is 13.0. The van der Waals surface area contributed by atoms with Crippen molar-refractivity contribution >= 4 is 17.5 Å². The van der Waals surface area contributed by atoms with Crippen LogP contribution in [0.2, 0.25) is 0 Å². The molecular weight excluding hydrogens is 314 g/mol. The standard InChI is InChI=1S/C20H21N3O2/c24-19-12-16(13-22(19)14-17-8-3-4-10-21-17)20(25)23-11-5-7-15-6-1-2-9-18(15)23/h1-4,6,8-10,16H,5,7,11-14H2/t16-/m0/s1. The lowest BCUT2D eigenvalue weighted by atomic mass is 9.99. The quantitative estimate of drug-likeness (QED) is 0.865. The average molecular weight is 335 g/mol. The number of nitrogens with zero attached hydrogens (tertiary/aromatic N) is 3. The first-order valence-electron chi connectivity index (χ1n) is 8.79. The van der Waals surface area contributed by atoms with Crippen molar-refractivity contribution in [2.75, 3.05) is 18.0 Å².